The van der Waals surface area contributed by atoms with E-state index in [-0.39, 0.29) is 5.97 Å². The molecule has 2 rings (SSSR count). The van der Waals surface area contributed by atoms with Crippen LogP contribution in [0.5, 0.6) is 0 Å². The molecule has 0 saturated heterocycles. The molecule has 0 fully saturated rings. The number of esters is 1. The van der Waals surface area contributed by atoms with Gasteiger partial charge in [0.25, 0.3) is 0 Å². The third-order valence-corrected chi connectivity index (χ3v) is 2.80. The van der Waals surface area contributed by atoms with Crippen LogP contribution < -0.4 is 0 Å². The van der Waals surface area contributed by atoms with Gasteiger partial charge in [-0.05, 0) is 17.5 Å². The minimum atomic E-state index is -0.270. The van der Waals surface area contributed by atoms with Crippen molar-refractivity contribution in [1.29, 1.82) is 0 Å². The molecule has 0 atom stereocenters. The van der Waals surface area contributed by atoms with Crippen molar-refractivity contribution in [2.45, 2.75) is 0 Å². The lowest BCUT2D eigenvalue weighted by atomic mass is 10.2. The van der Waals surface area contributed by atoms with Crippen molar-refractivity contribution >= 4 is 17.3 Å². The molecule has 0 saturated carbocycles. The van der Waals surface area contributed by atoms with E-state index in [1.54, 1.807) is 17.4 Å². The maximum atomic E-state index is 11.3. The zero-order valence-electron chi connectivity index (χ0n) is 7.11. The number of fused-ring (bicyclic) bond motifs is 1. The maximum Gasteiger partial charge on any atom is 0.338 e. The van der Waals surface area contributed by atoms with E-state index >= 15 is 0 Å². The Labute approximate surface area is 80.1 Å². The molecule has 66 valence electrons. The summed E-state index contributed by atoms with van der Waals surface area (Å²) in [7, 11) is 1.40. The van der Waals surface area contributed by atoms with Gasteiger partial charge in [0, 0.05) is 10.4 Å². The first-order valence-electron chi connectivity index (χ1n) is 3.87. The fourth-order valence-corrected chi connectivity index (χ4v) is 2.04. The second-order valence-electron chi connectivity index (χ2n) is 2.63. The number of carbonyl (C=O) groups is 1. The van der Waals surface area contributed by atoms with E-state index in [1.165, 1.54) is 7.11 Å². The lowest BCUT2D eigenvalue weighted by molar-refractivity contribution is 0.0602. The van der Waals surface area contributed by atoms with Gasteiger partial charge in [-0.15, -0.1) is 11.3 Å². The quantitative estimate of drug-likeness (QED) is 0.649. The lowest BCUT2D eigenvalue weighted by Gasteiger charge is -2.00. The predicted octanol–water partition coefficient (Wildman–Crippen LogP) is 2.64. The Hall–Kier alpha value is -1.35. The van der Waals surface area contributed by atoms with Crippen LogP contribution in [-0.4, -0.2) is 13.1 Å². The highest BCUT2D eigenvalue weighted by Crippen LogP contribution is 2.31. The second kappa shape index (κ2) is 3.18. The minimum Gasteiger partial charge on any atom is -0.465 e. The maximum absolute atomic E-state index is 11.3. The second-order valence-corrected chi connectivity index (χ2v) is 3.58. The molecule has 0 aromatic rings. The van der Waals surface area contributed by atoms with E-state index in [9.17, 15) is 4.79 Å². The van der Waals surface area contributed by atoms with Gasteiger partial charge in [0.1, 0.15) is 0 Å². The monoisotopic (exact) mass is 192 g/mol. The Bertz CT molecular complexity index is 405. The molecule has 2 nitrogen and oxygen atoms in total. The summed E-state index contributed by atoms with van der Waals surface area (Å²) in [5, 5.41) is 1.99. The van der Waals surface area contributed by atoms with Crippen molar-refractivity contribution in [3.8, 4) is 10.4 Å². The van der Waals surface area contributed by atoms with Gasteiger partial charge in [0.15, 0.2) is 0 Å². The predicted molar refractivity (Wildman–Crippen MR) is 52.3 cm³/mol. The SMILES string of the molecule is COC(=O)c1ccc2scccc1-2. The summed E-state index contributed by atoms with van der Waals surface area (Å²) in [6, 6.07) is 7.59. The Kier molecular flexibility index (Phi) is 2.02. The van der Waals surface area contributed by atoms with Crippen molar-refractivity contribution < 1.29 is 9.53 Å². The molecule has 0 unspecified atom stereocenters. The van der Waals surface area contributed by atoms with E-state index < -0.39 is 0 Å². The van der Waals surface area contributed by atoms with E-state index in [4.69, 9.17) is 0 Å². The number of hydrogen-bond donors (Lipinski definition) is 0. The van der Waals surface area contributed by atoms with Crippen LogP contribution in [0.25, 0.3) is 10.4 Å². The average Bonchev–Trinajstić information content (AvgIpc) is 2.60. The molecular formula is C10H8O2S. The minimum absolute atomic E-state index is 0.270. The van der Waals surface area contributed by atoms with E-state index in [1.807, 2.05) is 23.6 Å². The molecule has 0 aromatic carbocycles. The first-order valence-corrected chi connectivity index (χ1v) is 4.75. The molecule has 0 aromatic heterocycles. The van der Waals surface area contributed by atoms with Gasteiger partial charge in [-0.3, -0.25) is 0 Å². The Morgan fingerprint density at radius 1 is 1.38 bits per heavy atom. The highest BCUT2D eigenvalue weighted by molar-refractivity contribution is 7.13. The third kappa shape index (κ3) is 1.31. The van der Waals surface area contributed by atoms with Gasteiger partial charge in [-0.2, -0.15) is 0 Å². The Morgan fingerprint density at radius 2 is 2.23 bits per heavy atom. The van der Waals surface area contributed by atoms with Crippen LogP contribution in [0.4, 0.5) is 0 Å². The highest BCUT2D eigenvalue weighted by Gasteiger charge is 2.15. The van der Waals surface area contributed by atoms with Crippen LogP contribution >= 0.6 is 11.3 Å². The van der Waals surface area contributed by atoms with Gasteiger partial charge in [-0.25, -0.2) is 4.79 Å². The van der Waals surface area contributed by atoms with Crippen LogP contribution in [0.1, 0.15) is 10.4 Å². The third-order valence-electron chi connectivity index (χ3n) is 1.90. The highest BCUT2D eigenvalue weighted by atomic mass is 32.1. The Balaban J connectivity index is 2.55. The van der Waals surface area contributed by atoms with Gasteiger partial charge < -0.3 is 4.74 Å². The number of hydrogen-bond acceptors (Lipinski definition) is 3. The topological polar surface area (TPSA) is 26.3 Å². The average molecular weight is 192 g/mol. The van der Waals surface area contributed by atoms with Crippen LogP contribution in [0, 0.1) is 0 Å². The van der Waals surface area contributed by atoms with Gasteiger partial charge in [-0.1, -0.05) is 12.1 Å². The zero-order valence-corrected chi connectivity index (χ0v) is 7.93. The summed E-state index contributed by atoms with van der Waals surface area (Å²) < 4.78 is 4.67. The summed E-state index contributed by atoms with van der Waals surface area (Å²) >= 11 is 1.62. The first-order chi connectivity index (χ1) is 6.33. The Morgan fingerprint density at radius 3 is 3.00 bits per heavy atom. The molecule has 0 amide bonds. The van der Waals surface area contributed by atoms with Crippen molar-refractivity contribution in [3.05, 3.63) is 35.2 Å². The molecule has 1 aliphatic heterocycles. The number of ether oxygens (including phenoxy) is 1. The van der Waals surface area contributed by atoms with E-state index in [0.717, 1.165) is 10.4 Å². The van der Waals surface area contributed by atoms with Gasteiger partial charge in [0.2, 0.25) is 0 Å². The standard InChI is InChI=1S/C10H8O2S/c1-12-10(11)8-4-5-9-7(8)3-2-6-13-9/h2-6H,1H3. The summed E-state index contributed by atoms with van der Waals surface area (Å²) in [4.78, 5) is 12.4. The van der Waals surface area contributed by atoms with Crippen molar-refractivity contribution in [2.75, 3.05) is 7.11 Å². The number of methoxy groups -OCH3 is 1. The number of carbonyl (C=O) groups excluding carboxylic acids is 1. The molecule has 1 aliphatic carbocycles. The molecule has 13 heavy (non-hydrogen) atoms. The molecule has 1 heterocycles. The van der Waals surface area contributed by atoms with Gasteiger partial charge in [0.05, 0.1) is 12.7 Å². The normalized spacial score (nSPS) is 10.2. The lowest BCUT2D eigenvalue weighted by Crippen LogP contribution is -2.00. The molecule has 2 aliphatic rings. The molecule has 0 radical (unpaired) electrons. The summed E-state index contributed by atoms with van der Waals surface area (Å²) in [6.07, 6.45) is 0. The van der Waals surface area contributed by atoms with Gasteiger partial charge >= 0.3 is 5.97 Å². The summed E-state index contributed by atoms with van der Waals surface area (Å²) in [6.45, 7) is 0. The number of rotatable bonds is 1. The molecule has 0 N–H and O–H groups in total. The van der Waals surface area contributed by atoms with E-state index in [2.05, 4.69) is 4.74 Å². The first kappa shape index (κ1) is 8.26. The van der Waals surface area contributed by atoms with Crippen LogP contribution in [-0.2, 0) is 4.74 Å². The molecular weight excluding hydrogens is 184 g/mol. The molecule has 3 heteroatoms. The smallest absolute Gasteiger partial charge is 0.338 e. The molecule has 0 bridgehead atoms. The summed E-state index contributed by atoms with van der Waals surface area (Å²) in [5.41, 5.74) is 1.62. The fourth-order valence-electron chi connectivity index (χ4n) is 1.28. The van der Waals surface area contributed by atoms with Crippen molar-refractivity contribution in [1.82, 2.24) is 0 Å². The zero-order chi connectivity index (χ0) is 9.26. The van der Waals surface area contributed by atoms with E-state index in [0.29, 0.717) is 5.56 Å². The largest absolute Gasteiger partial charge is 0.465 e. The molecule has 0 spiro atoms. The van der Waals surface area contributed by atoms with Crippen LogP contribution in [0.2, 0.25) is 0 Å². The fraction of sp³-hybridized carbons (Fsp3) is 0.100. The van der Waals surface area contributed by atoms with Crippen LogP contribution in [0.15, 0.2) is 29.6 Å². The van der Waals surface area contributed by atoms with Crippen molar-refractivity contribution in [3.63, 3.8) is 0 Å². The summed E-state index contributed by atoms with van der Waals surface area (Å²) in [5.74, 6) is -0.270. The van der Waals surface area contributed by atoms with Crippen LogP contribution in [0.3, 0.4) is 0 Å². The van der Waals surface area contributed by atoms with Crippen molar-refractivity contribution in [2.24, 2.45) is 0 Å².